The Hall–Kier alpha value is -0.0800. The quantitative estimate of drug-likeness (QED) is 0.752. The molecule has 0 aromatic rings. The van der Waals surface area contributed by atoms with E-state index >= 15 is 0 Å². The molecule has 0 bridgehead atoms. The van der Waals surface area contributed by atoms with Gasteiger partial charge >= 0.3 is 0 Å². The van der Waals surface area contributed by atoms with Crippen LogP contribution in [0.1, 0.15) is 59.8 Å². The first-order chi connectivity index (χ1) is 8.56. The maximum Gasteiger partial charge on any atom is 0.0580 e. The highest BCUT2D eigenvalue weighted by Crippen LogP contribution is 2.32. The van der Waals surface area contributed by atoms with Gasteiger partial charge in [0.2, 0.25) is 0 Å². The standard InChI is InChI=1S/C16H33NO/c1-5-7-14-8-9-16(18)15(10-14)12-17(6-2)11-13(3)4/h13-16,18H,5-12H2,1-4H3. The predicted octanol–water partition coefficient (Wildman–Crippen LogP) is 3.54. The molecule has 0 amide bonds. The second kappa shape index (κ2) is 8.16. The Labute approximate surface area is 114 Å². The molecule has 0 radical (unpaired) electrons. The van der Waals surface area contributed by atoms with Gasteiger partial charge in [-0.3, -0.25) is 0 Å². The van der Waals surface area contributed by atoms with Crippen LogP contribution < -0.4 is 0 Å². The van der Waals surface area contributed by atoms with E-state index in [1.165, 1.54) is 25.7 Å². The lowest BCUT2D eigenvalue weighted by molar-refractivity contribution is 0.0247. The highest BCUT2D eigenvalue weighted by Gasteiger charge is 2.29. The van der Waals surface area contributed by atoms with Crippen molar-refractivity contribution >= 4 is 0 Å². The van der Waals surface area contributed by atoms with Crippen molar-refractivity contribution in [1.82, 2.24) is 4.90 Å². The molecular formula is C16H33NO. The molecule has 0 aromatic heterocycles. The van der Waals surface area contributed by atoms with E-state index in [1.54, 1.807) is 0 Å². The van der Waals surface area contributed by atoms with Gasteiger partial charge in [-0.1, -0.05) is 40.5 Å². The van der Waals surface area contributed by atoms with Gasteiger partial charge in [0.05, 0.1) is 6.10 Å². The lowest BCUT2D eigenvalue weighted by Crippen LogP contribution is -2.40. The van der Waals surface area contributed by atoms with Gasteiger partial charge in [-0.2, -0.15) is 0 Å². The summed E-state index contributed by atoms with van der Waals surface area (Å²) in [4.78, 5) is 2.52. The van der Waals surface area contributed by atoms with Crippen molar-refractivity contribution in [3.8, 4) is 0 Å². The first kappa shape index (κ1) is 16.0. The molecule has 1 N–H and O–H groups in total. The van der Waals surface area contributed by atoms with Crippen molar-refractivity contribution in [2.45, 2.75) is 65.9 Å². The highest BCUT2D eigenvalue weighted by atomic mass is 16.3. The van der Waals surface area contributed by atoms with Crippen LogP contribution in [0.3, 0.4) is 0 Å². The molecule has 2 nitrogen and oxygen atoms in total. The van der Waals surface area contributed by atoms with Crippen molar-refractivity contribution in [3.05, 3.63) is 0 Å². The average Bonchev–Trinajstić information content (AvgIpc) is 2.32. The number of hydrogen-bond donors (Lipinski definition) is 1. The van der Waals surface area contributed by atoms with Gasteiger partial charge < -0.3 is 10.0 Å². The summed E-state index contributed by atoms with van der Waals surface area (Å²) in [6.45, 7) is 12.4. The summed E-state index contributed by atoms with van der Waals surface area (Å²) < 4.78 is 0. The molecule has 0 aromatic carbocycles. The maximum absolute atomic E-state index is 10.2. The van der Waals surface area contributed by atoms with Crippen LogP contribution in [-0.2, 0) is 0 Å². The SMILES string of the molecule is CCCC1CCC(O)C(CN(CC)CC(C)C)C1. The van der Waals surface area contributed by atoms with Crippen LogP contribution in [0.4, 0.5) is 0 Å². The van der Waals surface area contributed by atoms with Crippen LogP contribution in [0, 0.1) is 17.8 Å². The molecule has 3 atom stereocenters. The van der Waals surface area contributed by atoms with E-state index in [4.69, 9.17) is 0 Å². The van der Waals surface area contributed by atoms with E-state index in [2.05, 4.69) is 32.6 Å². The summed E-state index contributed by atoms with van der Waals surface area (Å²) in [5, 5.41) is 10.2. The third-order valence-corrected chi connectivity index (χ3v) is 4.31. The highest BCUT2D eigenvalue weighted by molar-refractivity contribution is 4.82. The van der Waals surface area contributed by atoms with Crippen LogP contribution in [0.25, 0.3) is 0 Å². The fourth-order valence-electron chi connectivity index (χ4n) is 3.39. The number of rotatable bonds is 7. The molecule has 1 saturated carbocycles. The summed E-state index contributed by atoms with van der Waals surface area (Å²) >= 11 is 0. The van der Waals surface area contributed by atoms with Crippen LogP contribution in [0.5, 0.6) is 0 Å². The Balaban J connectivity index is 2.45. The Kier molecular flexibility index (Phi) is 7.25. The fourth-order valence-corrected chi connectivity index (χ4v) is 3.39. The minimum absolute atomic E-state index is 0.0562. The summed E-state index contributed by atoms with van der Waals surface area (Å²) in [5.41, 5.74) is 0. The Bertz CT molecular complexity index is 217. The molecule has 1 aliphatic carbocycles. The van der Waals surface area contributed by atoms with Crippen LogP contribution >= 0.6 is 0 Å². The van der Waals surface area contributed by atoms with Gasteiger partial charge in [-0.15, -0.1) is 0 Å². The maximum atomic E-state index is 10.2. The summed E-state index contributed by atoms with van der Waals surface area (Å²) in [7, 11) is 0. The van der Waals surface area contributed by atoms with E-state index in [1.807, 2.05) is 0 Å². The molecule has 1 aliphatic rings. The third-order valence-electron chi connectivity index (χ3n) is 4.31. The average molecular weight is 255 g/mol. The fraction of sp³-hybridized carbons (Fsp3) is 1.00. The predicted molar refractivity (Wildman–Crippen MR) is 78.7 cm³/mol. The largest absolute Gasteiger partial charge is 0.393 e. The molecule has 1 rings (SSSR count). The molecule has 0 heterocycles. The first-order valence-electron chi connectivity index (χ1n) is 7.97. The Morgan fingerprint density at radius 2 is 1.94 bits per heavy atom. The van der Waals surface area contributed by atoms with Crippen molar-refractivity contribution in [1.29, 1.82) is 0 Å². The smallest absolute Gasteiger partial charge is 0.0580 e. The second-order valence-corrected chi connectivity index (χ2v) is 6.54. The van der Waals surface area contributed by atoms with Crippen LogP contribution in [0.2, 0.25) is 0 Å². The van der Waals surface area contributed by atoms with Gasteiger partial charge in [0, 0.05) is 13.1 Å². The van der Waals surface area contributed by atoms with Gasteiger partial charge in [-0.05, 0) is 43.6 Å². The number of hydrogen-bond acceptors (Lipinski definition) is 2. The molecule has 108 valence electrons. The molecule has 2 heteroatoms. The van der Waals surface area contributed by atoms with Crippen LogP contribution in [-0.4, -0.2) is 35.7 Å². The van der Waals surface area contributed by atoms with Gasteiger partial charge in [0.15, 0.2) is 0 Å². The first-order valence-corrected chi connectivity index (χ1v) is 7.97. The van der Waals surface area contributed by atoms with E-state index in [0.717, 1.165) is 37.9 Å². The molecule has 0 aliphatic heterocycles. The zero-order valence-corrected chi connectivity index (χ0v) is 12.9. The van der Waals surface area contributed by atoms with Gasteiger partial charge in [-0.25, -0.2) is 0 Å². The van der Waals surface area contributed by atoms with Crippen molar-refractivity contribution in [2.24, 2.45) is 17.8 Å². The van der Waals surface area contributed by atoms with E-state index < -0.39 is 0 Å². The Morgan fingerprint density at radius 1 is 1.22 bits per heavy atom. The second-order valence-electron chi connectivity index (χ2n) is 6.54. The zero-order valence-electron chi connectivity index (χ0n) is 12.9. The molecular weight excluding hydrogens is 222 g/mol. The van der Waals surface area contributed by atoms with E-state index in [9.17, 15) is 5.11 Å². The van der Waals surface area contributed by atoms with Gasteiger partial charge in [0.25, 0.3) is 0 Å². The topological polar surface area (TPSA) is 23.5 Å². The molecule has 1 fully saturated rings. The van der Waals surface area contributed by atoms with Crippen LogP contribution in [0.15, 0.2) is 0 Å². The van der Waals surface area contributed by atoms with E-state index in [-0.39, 0.29) is 6.10 Å². The van der Waals surface area contributed by atoms with E-state index in [0.29, 0.717) is 5.92 Å². The summed E-state index contributed by atoms with van der Waals surface area (Å²) in [5.74, 6) is 2.09. The molecule has 18 heavy (non-hydrogen) atoms. The number of aliphatic hydroxyl groups excluding tert-OH is 1. The Morgan fingerprint density at radius 3 is 2.50 bits per heavy atom. The minimum Gasteiger partial charge on any atom is -0.393 e. The van der Waals surface area contributed by atoms with Crippen molar-refractivity contribution < 1.29 is 5.11 Å². The normalized spacial score (nSPS) is 29.2. The lowest BCUT2D eigenvalue weighted by atomic mass is 9.77. The molecule has 3 unspecified atom stereocenters. The molecule has 0 saturated heterocycles. The zero-order chi connectivity index (χ0) is 13.5. The van der Waals surface area contributed by atoms with Crippen molar-refractivity contribution in [2.75, 3.05) is 19.6 Å². The third kappa shape index (κ3) is 5.27. The number of aliphatic hydroxyl groups is 1. The number of nitrogens with zero attached hydrogens (tertiary/aromatic N) is 1. The summed E-state index contributed by atoms with van der Waals surface area (Å²) in [6.07, 6.45) is 6.08. The van der Waals surface area contributed by atoms with Crippen molar-refractivity contribution in [3.63, 3.8) is 0 Å². The van der Waals surface area contributed by atoms with Gasteiger partial charge in [0.1, 0.15) is 0 Å². The minimum atomic E-state index is -0.0562. The molecule has 0 spiro atoms. The lowest BCUT2D eigenvalue weighted by Gasteiger charge is -2.36. The summed E-state index contributed by atoms with van der Waals surface area (Å²) in [6, 6.07) is 0. The monoisotopic (exact) mass is 255 g/mol.